The average molecular weight is 277 g/mol. The number of amides is 1. The summed E-state index contributed by atoms with van der Waals surface area (Å²) >= 11 is 0. The van der Waals surface area contributed by atoms with Crippen LogP contribution in [0.2, 0.25) is 0 Å². The molecule has 9 heteroatoms. The number of aryl methyl sites for hydroxylation is 1. The molecule has 0 saturated heterocycles. The number of hydrogen-bond acceptors (Lipinski definition) is 6. The van der Waals surface area contributed by atoms with Gasteiger partial charge in [0.15, 0.2) is 0 Å². The van der Waals surface area contributed by atoms with E-state index in [9.17, 15) is 20.0 Å². The van der Waals surface area contributed by atoms with Gasteiger partial charge in [-0.1, -0.05) is 6.92 Å². The maximum Gasteiger partial charge on any atom is 0.295 e. The molecule has 9 nitrogen and oxygen atoms in total. The number of aromatic amines is 1. The van der Waals surface area contributed by atoms with Crippen LogP contribution >= 0.6 is 0 Å². The molecule has 0 atom stereocenters. The number of hydrogen-bond donors (Lipinski definition) is 3. The zero-order chi connectivity index (χ0) is 14.7. The number of phenols is 1. The molecule has 20 heavy (non-hydrogen) atoms. The molecular weight excluding hydrogens is 266 g/mol. The number of anilines is 1. The molecule has 0 fully saturated rings. The second-order valence-electron chi connectivity index (χ2n) is 3.87. The summed E-state index contributed by atoms with van der Waals surface area (Å²) in [6, 6.07) is 3.36. The fourth-order valence-corrected chi connectivity index (χ4v) is 1.47. The van der Waals surface area contributed by atoms with Crippen molar-refractivity contribution >= 4 is 17.3 Å². The third kappa shape index (κ3) is 2.71. The van der Waals surface area contributed by atoms with Gasteiger partial charge in [-0.25, -0.2) is 4.98 Å². The monoisotopic (exact) mass is 277 g/mol. The predicted molar refractivity (Wildman–Crippen MR) is 68.5 cm³/mol. The lowest BCUT2D eigenvalue weighted by molar-refractivity contribution is -0.384. The number of nitrogens with one attached hydrogen (secondary N) is 2. The third-order valence-electron chi connectivity index (χ3n) is 2.51. The number of nitro benzene ring substituents is 1. The van der Waals surface area contributed by atoms with Crippen molar-refractivity contribution in [3.8, 4) is 5.75 Å². The number of nitro groups is 1. The summed E-state index contributed by atoms with van der Waals surface area (Å²) in [4.78, 5) is 25.6. The van der Waals surface area contributed by atoms with E-state index in [0.29, 0.717) is 12.2 Å². The fourth-order valence-electron chi connectivity index (χ4n) is 1.47. The molecule has 0 unspecified atom stereocenters. The van der Waals surface area contributed by atoms with Crippen molar-refractivity contribution in [1.29, 1.82) is 0 Å². The maximum absolute atomic E-state index is 11.8. The molecular formula is C11H11N5O4. The van der Waals surface area contributed by atoms with E-state index in [2.05, 4.69) is 20.5 Å². The van der Waals surface area contributed by atoms with Crippen molar-refractivity contribution in [2.24, 2.45) is 0 Å². The van der Waals surface area contributed by atoms with Gasteiger partial charge >= 0.3 is 0 Å². The Morgan fingerprint density at radius 1 is 1.55 bits per heavy atom. The highest BCUT2D eigenvalue weighted by atomic mass is 16.6. The first-order valence-electron chi connectivity index (χ1n) is 5.71. The van der Waals surface area contributed by atoms with E-state index >= 15 is 0 Å². The number of carbonyl (C=O) groups excluding carboxylic acids is 1. The SMILES string of the molecule is CCc1nc(C(=O)Nc2ccc([N+](=O)[O-])cc2O)n[nH]1. The molecule has 1 heterocycles. The lowest BCUT2D eigenvalue weighted by atomic mass is 10.2. The van der Waals surface area contributed by atoms with Gasteiger partial charge < -0.3 is 10.4 Å². The van der Waals surface area contributed by atoms with Crippen molar-refractivity contribution in [3.63, 3.8) is 0 Å². The van der Waals surface area contributed by atoms with E-state index in [1.165, 1.54) is 12.1 Å². The number of nitrogens with zero attached hydrogens (tertiary/aromatic N) is 3. The average Bonchev–Trinajstić information content (AvgIpc) is 2.89. The van der Waals surface area contributed by atoms with Crippen LogP contribution in [0.4, 0.5) is 11.4 Å². The van der Waals surface area contributed by atoms with Crippen LogP contribution in [0.25, 0.3) is 0 Å². The normalized spacial score (nSPS) is 10.2. The Morgan fingerprint density at radius 2 is 2.30 bits per heavy atom. The molecule has 0 saturated carbocycles. The van der Waals surface area contributed by atoms with Gasteiger partial charge in [0.25, 0.3) is 11.6 Å². The van der Waals surface area contributed by atoms with E-state index < -0.39 is 16.6 Å². The molecule has 0 aliphatic heterocycles. The Morgan fingerprint density at radius 3 is 2.85 bits per heavy atom. The molecule has 0 aliphatic carbocycles. The number of aromatic nitrogens is 3. The van der Waals surface area contributed by atoms with Crippen molar-refractivity contribution in [2.75, 3.05) is 5.32 Å². The standard InChI is InChI=1S/C11H11N5O4/c1-2-9-13-10(15-14-9)11(18)12-7-4-3-6(16(19)20)5-8(7)17/h3-5,17H,2H2,1H3,(H,12,18)(H,13,14,15). The predicted octanol–water partition coefficient (Wildman–Crippen LogP) is 1.23. The van der Waals surface area contributed by atoms with Gasteiger partial charge in [0.2, 0.25) is 5.82 Å². The first-order valence-corrected chi connectivity index (χ1v) is 5.71. The summed E-state index contributed by atoms with van der Waals surface area (Å²) in [6.07, 6.45) is 0.600. The van der Waals surface area contributed by atoms with Crippen LogP contribution in [0, 0.1) is 10.1 Å². The Bertz CT molecular complexity index is 667. The largest absolute Gasteiger partial charge is 0.506 e. The Kier molecular flexibility index (Phi) is 3.60. The number of rotatable bonds is 4. The molecule has 2 aromatic rings. The summed E-state index contributed by atoms with van der Waals surface area (Å²) in [6.45, 7) is 1.85. The van der Waals surface area contributed by atoms with E-state index in [-0.39, 0.29) is 17.2 Å². The van der Waals surface area contributed by atoms with Gasteiger partial charge in [0.1, 0.15) is 11.6 Å². The zero-order valence-corrected chi connectivity index (χ0v) is 10.5. The van der Waals surface area contributed by atoms with E-state index in [1.807, 2.05) is 6.92 Å². The van der Waals surface area contributed by atoms with Crippen molar-refractivity contribution in [2.45, 2.75) is 13.3 Å². The summed E-state index contributed by atoms with van der Waals surface area (Å²) in [7, 11) is 0. The van der Waals surface area contributed by atoms with Crippen molar-refractivity contribution < 1.29 is 14.8 Å². The van der Waals surface area contributed by atoms with Crippen LogP contribution in [-0.4, -0.2) is 31.1 Å². The van der Waals surface area contributed by atoms with Crippen LogP contribution in [0.1, 0.15) is 23.4 Å². The summed E-state index contributed by atoms with van der Waals surface area (Å²) in [5.41, 5.74) is -0.227. The molecule has 0 radical (unpaired) electrons. The molecule has 1 aromatic heterocycles. The van der Waals surface area contributed by atoms with Crippen LogP contribution < -0.4 is 5.32 Å². The minimum Gasteiger partial charge on any atom is -0.506 e. The number of carbonyl (C=O) groups is 1. The van der Waals surface area contributed by atoms with Gasteiger partial charge in [-0.05, 0) is 6.07 Å². The molecule has 1 aromatic carbocycles. The lowest BCUT2D eigenvalue weighted by Gasteiger charge is -2.04. The highest BCUT2D eigenvalue weighted by Crippen LogP contribution is 2.27. The zero-order valence-electron chi connectivity index (χ0n) is 10.5. The Labute approximate surface area is 112 Å². The third-order valence-corrected chi connectivity index (χ3v) is 2.51. The minimum atomic E-state index is -0.645. The molecule has 1 amide bonds. The quantitative estimate of drug-likeness (QED) is 0.437. The number of phenolic OH excluding ortho intramolecular Hbond substituents is 1. The summed E-state index contributed by atoms with van der Waals surface area (Å²) in [5.74, 6) is -0.536. The summed E-state index contributed by atoms with van der Waals surface area (Å²) < 4.78 is 0. The van der Waals surface area contributed by atoms with E-state index in [4.69, 9.17) is 0 Å². The van der Waals surface area contributed by atoms with Gasteiger partial charge in [-0.15, -0.1) is 5.10 Å². The number of benzene rings is 1. The first-order chi connectivity index (χ1) is 9.51. The maximum atomic E-state index is 11.8. The molecule has 104 valence electrons. The molecule has 0 aliphatic rings. The molecule has 2 rings (SSSR count). The number of H-pyrrole nitrogens is 1. The second-order valence-corrected chi connectivity index (χ2v) is 3.87. The van der Waals surface area contributed by atoms with Gasteiger partial charge in [-0.2, -0.15) is 0 Å². The molecule has 0 spiro atoms. The highest BCUT2D eigenvalue weighted by Gasteiger charge is 2.16. The van der Waals surface area contributed by atoms with Crippen molar-refractivity contribution in [1.82, 2.24) is 15.2 Å². The highest BCUT2D eigenvalue weighted by molar-refractivity contribution is 6.02. The fraction of sp³-hybridized carbons (Fsp3) is 0.182. The number of non-ortho nitro benzene ring substituents is 1. The smallest absolute Gasteiger partial charge is 0.295 e. The second kappa shape index (κ2) is 5.34. The Balaban J connectivity index is 2.17. The summed E-state index contributed by atoms with van der Waals surface area (Å²) in [5, 5.41) is 28.8. The van der Waals surface area contributed by atoms with Gasteiger partial charge in [0, 0.05) is 12.5 Å². The molecule has 3 N–H and O–H groups in total. The van der Waals surface area contributed by atoms with Crippen LogP contribution in [0.5, 0.6) is 5.75 Å². The first kappa shape index (κ1) is 13.5. The van der Waals surface area contributed by atoms with Gasteiger partial charge in [0.05, 0.1) is 16.7 Å². The lowest BCUT2D eigenvalue weighted by Crippen LogP contribution is -2.14. The van der Waals surface area contributed by atoms with Gasteiger partial charge in [-0.3, -0.25) is 20.0 Å². The minimum absolute atomic E-state index is 0.0449. The molecule has 0 bridgehead atoms. The van der Waals surface area contributed by atoms with E-state index in [0.717, 1.165) is 6.07 Å². The van der Waals surface area contributed by atoms with Crippen LogP contribution in [0.15, 0.2) is 18.2 Å². The topological polar surface area (TPSA) is 134 Å². The van der Waals surface area contributed by atoms with Crippen LogP contribution in [-0.2, 0) is 6.42 Å². The Hall–Kier alpha value is -2.97. The van der Waals surface area contributed by atoms with E-state index in [1.54, 1.807) is 0 Å². The van der Waals surface area contributed by atoms with Crippen molar-refractivity contribution in [3.05, 3.63) is 40.0 Å². The van der Waals surface area contributed by atoms with Crippen LogP contribution in [0.3, 0.4) is 0 Å². The number of aromatic hydroxyl groups is 1.